The summed E-state index contributed by atoms with van der Waals surface area (Å²) < 4.78 is 0. The van der Waals surface area contributed by atoms with Gasteiger partial charge in [-0.1, -0.05) is 35.9 Å². The Hall–Kier alpha value is -0.243. The summed E-state index contributed by atoms with van der Waals surface area (Å²) >= 11 is 12.6. The molecule has 0 atom stereocenters. The molecule has 0 N–H and O–H groups in total. The smallest absolute Gasteiger partial charge is 0.139 e. The number of hydrogen-bond donors (Lipinski definition) is 0. The molecule has 0 heterocycles. The summed E-state index contributed by atoms with van der Waals surface area (Å²) in [6.45, 7) is 3.49. The van der Waals surface area contributed by atoms with Gasteiger partial charge >= 0.3 is 0 Å². The summed E-state index contributed by atoms with van der Waals surface area (Å²) in [4.78, 5) is 0. The van der Waals surface area contributed by atoms with Gasteiger partial charge < -0.3 is 0 Å². The Bertz CT molecular complexity index is 293. The summed E-state index contributed by atoms with van der Waals surface area (Å²) in [5.74, 6) is 0. The number of rotatable bonds is 3. The molecule has 0 unspecified atom stereocenters. The van der Waals surface area contributed by atoms with E-state index in [4.69, 9.17) is 22.2 Å². The zero-order chi connectivity index (χ0) is 9.90. The highest BCUT2D eigenvalue weighted by molar-refractivity contribution is 7.51. The molecule has 0 aliphatic rings. The van der Waals surface area contributed by atoms with Gasteiger partial charge in [-0.3, -0.25) is 0 Å². The predicted molar refractivity (Wildman–Crippen MR) is 63.2 cm³/mol. The van der Waals surface area contributed by atoms with Crippen molar-refractivity contribution in [2.75, 3.05) is 0 Å². The minimum atomic E-state index is -2.30. The molecule has 0 saturated heterocycles. The van der Waals surface area contributed by atoms with E-state index in [0.29, 0.717) is 0 Å². The van der Waals surface area contributed by atoms with Gasteiger partial charge in [0, 0.05) is 0 Å². The lowest BCUT2D eigenvalue weighted by molar-refractivity contribution is 1.39. The molecule has 1 rings (SSSR count). The average molecular weight is 231 g/mol. The van der Waals surface area contributed by atoms with Crippen LogP contribution < -0.4 is 5.19 Å². The van der Waals surface area contributed by atoms with Gasteiger partial charge in [0.25, 0.3) is 6.69 Å². The van der Waals surface area contributed by atoms with Crippen molar-refractivity contribution in [1.29, 1.82) is 0 Å². The van der Waals surface area contributed by atoms with Gasteiger partial charge in [0.05, 0.1) is 0 Å². The fourth-order valence-corrected chi connectivity index (χ4v) is 4.93. The van der Waals surface area contributed by atoms with E-state index in [2.05, 4.69) is 6.58 Å². The lowest BCUT2D eigenvalue weighted by Crippen LogP contribution is -2.36. The van der Waals surface area contributed by atoms with Crippen molar-refractivity contribution in [3.8, 4) is 0 Å². The molecule has 0 aliphatic carbocycles. The van der Waals surface area contributed by atoms with Crippen LogP contribution in [-0.2, 0) is 0 Å². The summed E-state index contributed by atoms with van der Waals surface area (Å²) in [5.41, 5.74) is 1.04. The third kappa shape index (κ3) is 3.18. The maximum atomic E-state index is 6.30. The highest BCUT2D eigenvalue weighted by Gasteiger charge is 2.30. The van der Waals surface area contributed by atoms with E-state index in [0.717, 1.165) is 16.8 Å². The Kier molecular flexibility index (Phi) is 3.60. The summed E-state index contributed by atoms with van der Waals surface area (Å²) in [5, 5.41) is 1.06. The summed E-state index contributed by atoms with van der Waals surface area (Å²) in [6.07, 6.45) is 0. The molecule has 0 aromatic heterocycles. The molecule has 0 bridgehead atoms. The van der Waals surface area contributed by atoms with Crippen LogP contribution in [0.2, 0.25) is 6.04 Å². The SMILES string of the molecule is C=C(C)C[Si](Cl)(Cl)c1ccccc1. The number of hydrogen-bond acceptors (Lipinski definition) is 0. The first-order chi connectivity index (χ1) is 6.02. The Balaban J connectivity index is 2.87. The highest BCUT2D eigenvalue weighted by Crippen LogP contribution is 2.23. The van der Waals surface area contributed by atoms with Crippen molar-refractivity contribution < 1.29 is 0 Å². The average Bonchev–Trinajstić information content (AvgIpc) is 2.04. The molecule has 70 valence electrons. The zero-order valence-electron chi connectivity index (χ0n) is 7.56. The first-order valence-electron chi connectivity index (χ1n) is 4.10. The van der Waals surface area contributed by atoms with E-state index in [1.165, 1.54) is 0 Å². The van der Waals surface area contributed by atoms with Crippen molar-refractivity contribution in [3.05, 3.63) is 42.5 Å². The monoisotopic (exact) mass is 230 g/mol. The van der Waals surface area contributed by atoms with Crippen LogP contribution in [0.1, 0.15) is 6.92 Å². The second-order valence-electron chi connectivity index (χ2n) is 3.20. The fraction of sp³-hybridized carbons (Fsp3) is 0.200. The normalized spacial score (nSPS) is 11.3. The quantitative estimate of drug-likeness (QED) is 0.425. The second-order valence-corrected chi connectivity index (χ2v) is 10.00. The molecule has 1 aromatic rings. The maximum Gasteiger partial charge on any atom is 0.284 e. The zero-order valence-corrected chi connectivity index (χ0v) is 10.1. The third-order valence-electron chi connectivity index (χ3n) is 1.72. The molecular formula is C10H12Cl2Si. The van der Waals surface area contributed by atoms with Crippen molar-refractivity contribution in [2.45, 2.75) is 13.0 Å². The molecule has 1 aromatic carbocycles. The predicted octanol–water partition coefficient (Wildman–Crippen LogP) is 3.39. The Morgan fingerprint density at radius 2 is 1.85 bits per heavy atom. The molecule has 0 amide bonds. The van der Waals surface area contributed by atoms with E-state index >= 15 is 0 Å². The Labute approximate surface area is 89.6 Å². The molecule has 3 heteroatoms. The molecule has 0 nitrogen and oxygen atoms in total. The van der Waals surface area contributed by atoms with E-state index in [-0.39, 0.29) is 0 Å². The van der Waals surface area contributed by atoms with E-state index in [1.807, 2.05) is 37.3 Å². The van der Waals surface area contributed by atoms with Gasteiger partial charge in [-0.25, -0.2) is 0 Å². The first kappa shape index (κ1) is 10.8. The second kappa shape index (κ2) is 4.31. The van der Waals surface area contributed by atoms with Gasteiger partial charge in [0.15, 0.2) is 0 Å². The minimum Gasteiger partial charge on any atom is -0.139 e. The topological polar surface area (TPSA) is 0 Å². The van der Waals surface area contributed by atoms with Crippen LogP contribution in [0.4, 0.5) is 0 Å². The molecular weight excluding hydrogens is 219 g/mol. The third-order valence-corrected chi connectivity index (χ3v) is 6.06. The molecule has 0 fully saturated rings. The lowest BCUT2D eigenvalue weighted by Gasteiger charge is -2.16. The lowest BCUT2D eigenvalue weighted by atomic mass is 10.4. The van der Waals surface area contributed by atoms with Gasteiger partial charge in [-0.15, -0.1) is 28.7 Å². The minimum absolute atomic E-state index is 0.722. The van der Waals surface area contributed by atoms with E-state index in [9.17, 15) is 0 Å². The van der Waals surface area contributed by atoms with E-state index < -0.39 is 6.69 Å². The van der Waals surface area contributed by atoms with E-state index in [1.54, 1.807) is 0 Å². The standard InChI is InChI=1S/C10H12Cl2Si/c1-9(2)8-13(11,12)10-6-4-3-5-7-10/h3-7H,1,8H2,2H3. The number of benzene rings is 1. The Morgan fingerprint density at radius 3 is 2.31 bits per heavy atom. The number of allylic oxidation sites excluding steroid dienone is 1. The summed E-state index contributed by atoms with van der Waals surface area (Å²) in [7, 11) is 0. The largest absolute Gasteiger partial charge is 0.284 e. The van der Waals surface area contributed by atoms with Crippen LogP contribution in [0, 0.1) is 0 Å². The maximum absolute atomic E-state index is 6.30. The van der Waals surface area contributed by atoms with Crippen LogP contribution >= 0.6 is 22.2 Å². The first-order valence-corrected chi connectivity index (χ1v) is 8.33. The van der Waals surface area contributed by atoms with Crippen LogP contribution in [0.5, 0.6) is 0 Å². The van der Waals surface area contributed by atoms with Crippen molar-refractivity contribution in [1.82, 2.24) is 0 Å². The van der Waals surface area contributed by atoms with Gasteiger partial charge in [-0.05, 0) is 18.2 Å². The van der Waals surface area contributed by atoms with Crippen LogP contribution in [0.25, 0.3) is 0 Å². The van der Waals surface area contributed by atoms with Crippen molar-refractivity contribution in [3.63, 3.8) is 0 Å². The van der Waals surface area contributed by atoms with Crippen molar-refractivity contribution in [2.24, 2.45) is 0 Å². The highest BCUT2D eigenvalue weighted by atomic mass is 35.7. The molecule has 0 radical (unpaired) electrons. The van der Waals surface area contributed by atoms with Gasteiger partial charge in [0.1, 0.15) is 0 Å². The molecule has 13 heavy (non-hydrogen) atoms. The fourth-order valence-electron chi connectivity index (χ4n) is 1.16. The van der Waals surface area contributed by atoms with Crippen LogP contribution in [0.15, 0.2) is 42.5 Å². The van der Waals surface area contributed by atoms with Gasteiger partial charge in [0.2, 0.25) is 0 Å². The van der Waals surface area contributed by atoms with Crippen molar-refractivity contribution >= 4 is 34.0 Å². The molecule has 0 saturated carbocycles. The van der Waals surface area contributed by atoms with Crippen LogP contribution in [0.3, 0.4) is 0 Å². The molecule has 0 aliphatic heterocycles. The number of halogens is 2. The molecule has 0 spiro atoms. The summed E-state index contributed by atoms with van der Waals surface area (Å²) in [6, 6.07) is 10.6. The Morgan fingerprint density at radius 1 is 1.31 bits per heavy atom. The van der Waals surface area contributed by atoms with Gasteiger partial charge in [-0.2, -0.15) is 0 Å². The van der Waals surface area contributed by atoms with Crippen LogP contribution in [-0.4, -0.2) is 6.69 Å².